The molecule has 0 bridgehead atoms. The minimum Gasteiger partial charge on any atom is -0.310 e. The summed E-state index contributed by atoms with van der Waals surface area (Å²) >= 11 is 0. The Morgan fingerprint density at radius 1 is 1.17 bits per heavy atom. The van der Waals surface area contributed by atoms with Crippen molar-refractivity contribution in [1.82, 2.24) is 14.5 Å². The van der Waals surface area contributed by atoms with Crippen LogP contribution in [0.15, 0.2) is 23.0 Å². The van der Waals surface area contributed by atoms with Crippen molar-refractivity contribution in [2.24, 2.45) is 14.1 Å². The molecule has 0 aliphatic carbocycles. The Kier molecular flexibility index (Phi) is 3.57. The van der Waals surface area contributed by atoms with Crippen LogP contribution in [-0.4, -0.2) is 15.7 Å². The van der Waals surface area contributed by atoms with Crippen LogP contribution in [0.2, 0.25) is 0 Å². The van der Waals surface area contributed by atoms with Gasteiger partial charge in [-0.15, -0.1) is 0 Å². The van der Waals surface area contributed by atoms with E-state index >= 15 is 0 Å². The van der Waals surface area contributed by atoms with Crippen molar-refractivity contribution in [3.05, 3.63) is 34.2 Å². The molecular formula is C14H21N3O. The lowest BCUT2D eigenvalue weighted by Crippen LogP contribution is -2.20. The van der Waals surface area contributed by atoms with Gasteiger partial charge in [-0.2, -0.15) is 0 Å². The van der Waals surface area contributed by atoms with Crippen molar-refractivity contribution in [3.63, 3.8) is 0 Å². The van der Waals surface area contributed by atoms with Crippen LogP contribution < -0.4 is 11.0 Å². The third-order valence-corrected chi connectivity index (χ3v) is 3.56. The molecule has 0 aliphatic rings. The molecule has 4 nitrogen and oxygen atoms in total. The summed E-state index contributed by atoms with van der Waals surface area (Å²) < 4.78 is 3.39. The summed E-state index contributed by atoms with van der Waals surface area (Å²) in [7, 11) is 3.63. The van der Waals surface area contributed by atoms with E-state index in [-0.39, 0.29) is 5.69 Å². The van der Waals surface area contributed by atoms with Crippen LogP contribution in [0.3, 0.4) is 0 Å². The molecule has 0 saturated carbocycles. The van der Waals surface area contributed by atoms with E-state index in [2.05, 4.69) is 31.3 Å². The molecule has 2 aromatic rings. The van der Waals surface area contributed by atoms with Crippen LogP contribution in [-0.2, 0) is 14.1 Å². The average Bonchev–Trinajstić information content (AvgIpc) is 2.61. The van der Waals surface area contributed by atoms with Gasteiger partial charge in [-0.3, -0.25) is 9.13 Å². The van der Waals surface area contributed by atoms with Gasteiger partial charge in [0.05, 0.1) is 11.0 Å². The Balaban J connectivity index is 2.56. The highest BCUT2D eigenvalue weighted by molar-refractivity contribution is 5.77. The van der Waals surface area contributed by atoms with E-state index < -0.39 is 0 Å². The summed E-state index contributed by atoms with van der Waals surface area (Å²) in [6.45, 7) is 5.23. The molecule has 1 atom stereocenters. The van der Waals surface area contributed by atoms with Gasteiger partial charge in [-0.1, -0.05) is 19.9 Å². The molecule has 1 N–H and O–H groups in total. The number of aryl methyl sites for hydroxylation is 2. The highest BCUT2D eigenvalue weighted by Gasteiger charge is 2.12. The van der Waals surface area contributed by atoms with Crippen LogP contribution in [0, 0.1) is 0 Å². The summed E-state index contributed by atoms with van der Waals surface area (Å²) in [5, 5.41) is 3.46. The second-order valence-corrected chi connectivity index (χ2v) is 4.67. The smallest absolute Gasteiger partial charge is 0.310 e. The fourth-order valence-corrected chi connectivity index (χ4v) is 2.48. The first kappa shape index (κ1) is 12.9. The maximum Gasteiger partial charge on any atom is 0.328 e. The Morgan fingerprint density at radius 3 is 2.44 bits per heavy atom. The quantitative estimate of drug-likeness (QED) is 0.896. The summed E-state index contributed by atoms with van der Waals surface area (Å²) in [6.07, 6.45) is 1.04. The third-order valence-electron chi connectivity index (χ3n) is 3.56. The molecular weight excluding hydrogens is 226 g/mol. The summed E-state index contributed by atoms with van der Waals surface area (Å²) in [6, 6.07) is 6.62. The third kappa shape index (κ3) is 1.97. The predicted octanol–water partition coefficient (Wildman–Crippen LogP) is 1.94. The first-order chi connectivity index (χ1) is 8.60. The van der Waals surface area contributed by atoms with Crippen molar-refractivity contribution in [2.75, 3.05) is 6.54 Å². The molecule has 0 fully saturated rings. The first-order valence-electron chi connectivity index (χ1n) is 6.48. The fraction of sp³-hybridized carbons (Fsp3) is 0.500. The molecule has 0 amide bonds. The van der Waals surface area contributed by atoms with Gasteiger partial charge >= 0.3 is 5.69 Å². The van der Waals surface area contributed by atoms with E-state index in [0.717, 1.165) is 24.0 Å². The highest BCUT2D eigenvalue weighted by atomic mass is 16.1. The molecule has 1 aromatic carbocycles. The van der Waals surface area contributed by atoms with Crippen molar-refractivity contribution in [2.45, 2.75) is 26.3 Å². The Labute approximate surface area is 107 Å². The zero-order chi connectivity index (χ0) is 13.3. The molecule has 0 spiro atoms. The van der Waals surface area contributed by atoms with Gasteiger partial charge in [-0.25, -0.2) is 4.79 Å². The second kappa shape index (κ2) is 4.98. The molecule has 18 heavy (non-hydrogen) atoms. The molecule has 1 aromatic heterocycles. The van der Waals surface area contributed by atoms with E-state index in [1.807, 2.05) is 20.2 Å². The van der Waals surface area contributed by atoms with Gasteiger partial charge in [0, 0.05) is 20.1 Å². The normalized spacial score (nSPS) is 13.1. The lowest BCUT2D eigenvalue weighted by atomic mass is 10.0. The number of imidazole rings is 1. The zero-order valence-electron chi connectivity index (χ0n) is 11.5. The number of nitrogens with one attached hydrogen (secondary N) is 1. The molecule has 0 aliphatic heterocycles. The molecule has 98 valence electrons. The maximum atomic E-state index is 11.9. The minimum atomic E-state index is 0.0265. The van der Waals surface area contributed by atoms with E-state index in [4.69, 9.17) is 0 Å². The van der Waals surface area contributed by atoms with Crippen molar-refractivity contribution in [3.8, 4) is 0 Å². The largest absolute Gasteiger partial charge is 0.328 e. The molecule has 2 rings (SSSR count). The standard InChI is InChI=1S/C14H21N3O/c1-5-11(15-6-2)10-7-8-12-13(9-10)17(4)14(18)16(12)3/h7-9,11,15H,5-6H2,1-4H3. The van der Waals surface area contributed by atoms with Crippen LogP contribution in [0.25, 0.3) is 11.0 Å². The topological polar surface area (TPSA) is 39.0 Å². The van der Waals surface area contributed by atoms with Gasteiger partial charge in [0.25, 0.3) is 0 Å². The number of rotatable bonds is 4. The van der Waals surface area contributed by atoms with Gasteiger partial charge in [0.2, 0.25) is 0 Å². The maximum absolute atomic E-state index is 11.9. The van der Waals surface area contributed by atoms with Crippen LogP contribution in [0.1, 0.15) is 31.9 Å². The minimum absolute atomic E-state index is 0.0265. The van der Waals surface area contributed by atoms with E-state index in [0.29, 0.717) is 6.04 Å². The van der Waals surface area contributed by atoms with Gasteiger partial charge in [-0.05, 0) is 30.7 Å². The lowest BCUT2D eigenvalue weighted by molar-refractivity contribution is 0.538. The fourth-order valence-electron chi connectivity index (χ4n) is 2.48. The number of benzene rings is 1. The van der Waals surface area contributed by atoms with Gasteiger partial charge < -0.3 is 5.32 Å². The first-order valence-corrected chi connectivity index (χ1v) is 6.48. The van der Waals surface area contributed by atoms with E-state index in [1.54, 1.807) is 9.13 Å². The number of hydrogen-bond donors (Lipinski definition) is 1. The highest BCUT2D eigenvalue weighted by Crippen LogP contribution is 2.21. The van der Waals surface area contributed by atoms with Crippen molar-refractivity contribution < 1.29 is 0 Å². The molecule has 0 radical (unpaired) electrons. The number of fused-ring (bicyclic) bond motifs is 1. The monoisotopic (exact) mass is 247 g/mol. The molecule has 0 saturated heterocycles. The van der Waals surface area contributed by atoms with Crippen molar-refractivity contribution in [1.29, 1.82) is 0 Å². The van der Waals surface area contributed by atoms with Crippen LogP contribution in [0.5, 0.6) is 0 Å². The number of aromatic nitrogens is 2. The van der Waals surface area contributed by atoms with Gasteiger partial charge in [0.1, 0.15) is 0 Å². The summed E-state index contributed by atoms with van der Waals surface area (Å²) in [5.74, 6) is 0. The summed E-state index contributed by atoms with van der Waals surface area (Å²) in [4.78, 5) is 11.9. The number of hydrogen-bond acceptors (Lipinski definition) is 2. The Bertz CT molecular complexity index is 609. The molecule has 4 heteroatoms. The van der Waals surface area contributed by atoms with Gasteiger partial charge in [0.15, 0.2) is 0 Å². The lowest BCUT2D eigenvalue weighted by Gasteiger charge is -2.16. The SMILES string of the molecule is CCNC(CC)c1ccc2c(c1)n(C)c(=O)n2C. The predicted molar refractivity (Wildman–Crippen MR) is 74.9 cm³/mol. The van der Waals surface area contributed by atoms with E-state index in [9.17, 15) is 4.79 Å². The van der Waals surface area contributed by atoms with E-state index in [1.165, 1.54) is 5.56 Å². The molecule has 1 heterocycles. The Morgan fingerprint density at radius 2 is 1.83 bits per heavy atom. The average molecular weight is 247 g/mol. The number of nitrogens with zero attached hydrogens (tertiary/aromatic N) is 2. The molecule has 1 unspecified atom stereocenters. The Hall–Kier alpha value is -1.55. The van der Waals surface area contributed by atoms with Crippen LogP contribution in [0.4, 0.5) is 0 Å². The zero-order valence-corrected chi connectivity index (χ0v) is 11.5. The summed E-state index contributed by atoms with van der Waals surface area (Å²) in [5.41, 5.74) is 3.25. The second-order valence-electron chi connectivity index (χ2n) is 4.67. The van der Waals surface area contributed by atoms with Crippen molar-refractivity contribution >= 4 is 11.0 Å². The van der Waals surface area contributed by atoms with Crippen LogP contribution >= 0.6 is 0 Å².